The SMILES string of the molecule is CC1CCCC(CCl)(NCc2cccc(F)c2Cl)C1. The molecule has 1 fully saturated rings. The van der Waals surface area contributed by atoms with E-state index in [-0.39, 0.29) is 16.4 Å². The van der Waals surface area contributed by atoms with Crippen LogP contribution >= 0.6 is 23.2 Å². The zero-order valence-corrected chi connectivity index (χ0v) is 12.7. The molecule has 2 rings (SSSR count). The van der Waals surface area contributed by atoms with Crippen molar-refractivity contribution in [3.63, 3.8) is 0 Å². The van der Waals surface area contributed by atoms with Gasteiger partial charge in [0.15, 0.2) is 0 Å². The molecular weight excluding hydrogens is 284 g/mol. The van der Waals surface area contributed by atoms with Gasteiger partial charge in [-0.15, -0.1) is 11.6 Å². The zero-order valence-electron chi connectivity index (χ0n) is 11.2. The molecule has 1 aliphatic rings. The van der Waals surface area contributed by atoms with Gasteiger partial charge in [0.25, 0.3) is 0 Å². The molecule has 0 spiro atoms. The molecule has 1 saturated carbocycles. The maximum Gasteiger partial charge on any atom is 0.142 e. The highest BCUT2D eigenvalue weighted by atomic mass is 35.5. The summed E-state index contributed by atoms with van der Waals surface area (Å²) in [4.78, 5) is 0. The summed E-state index contributed by atoms with van der Waals surface area (Å²) in [6, 6.07) is 4.92. The molecule has 1 aromatic rings. The summed E-state index contributed by atoms with van der Waals surface area (Å²) in [6.45, 7) is 2.83. The van der Waals surface area contributed by atoms with Crippen LogP contribution in [0.2, 0.25) is 5.02 Å². The standard InChI is InChI=1S/C15H20Cl2FN/c1-11-4-3-7-15(8-11,10-16)19-9-12-5-2-6-13(18)14(12)17/h2,5-6,11,19H,3-4,7-10H2,1H3. The third-order valence-corrected chi connectivity index (χ3v) is 4.97. The third kappa shape index (κ3) is 3.62. The van der Waals surface area contributed by atoms with Gasteiger partial charge < -0.3 is 5.32 Å². The van der Waals surface area contributed by atoms with Crippen LogP contribution in [0.25, 0.3) is 0 Å². The van der Waals surface area contributed by atoms with Gasteiger partial charge in [-0.1, -0.05) is 43.5 Å². The average Bonchev–Trinajstić information content (AvgIpc) is 2.40. The second-order valence-corrected chi connectivity index (χ2v) is 6.33. The third-order valence-electron chi connectivity index (χ3n) is 4.03. The molecule has 4 heteroatoms. The lowest BCUT2D eigenvalue weighted by Crippen LogP contribution is -2.49. The molecule has 1 aromatic carbocycles. The van der Waals surface area contributed by atoms with Gasteiger partial charge >= 0.3 is 0 Å². The highest BCUT2D eigenvalue weighted by molar-refractivity contribution is 6.31. The quantitative estimate of drug-likeness (QED) is 0.791. The maximum atomic E-state index is 13.4. The molecule has 1 aliphatic carbocycles. The van der Waals surface area contributed by atoms with Crippen LogP contribution in [-0.2, 0) is 6.54 Å². The summed E-state index contributed by atoms with van der Waals surface area (Å²) in [6.07, 6.45) is 4.61. The summed E-state index contributed by atoms with van der Waals surface area (Å²) >= 11 is 12.2. The minimum atomic E-state index is -0.363. The number of hydrogen-bond donors (Lipinski definition) is 1. The van der Waals surface area contributed by atoms with E-state index in [1.54, 1.807) is 6.07 Å². The van der Waals surface area contributed by atoms with E-state index in [1.807, 2.05) is 6.07 Å². The maximum absolute atomic E-state index is 13.4. The highest BCUT2D eigenvalue weighted by Crippen LogP contribution is 2.33. The average molecular weight is 304 g/mol. The Hall–Kier alpha value is -0.310. The van der Waals surface area contributed by atoms with Crippen LogP contribution in [-0.4, -0.2) is 11.4 Å². The summed E-state index contributed by atoms with van der Waals surface area (Å²) in [5.41, 5.74) is 0.763. The highest BCUT2D eigenvalue weighted by Gasteiger charge is 2.33. The van der Waals surface area contributed by atoms with Crippen LogP contribution < -0.4 is 5.32 Å². The fraction of sp³-hybridized carbons (Fsp3) is 0.600. The van der Waals surface area contributed by atoms with E-state index >= 15 is 0 Å². The molecule has 0 amide bonds. The minimum Gasteiger partial charge on any atom is -0.306 e. The molecule has 0 radical (unpaired) electrons. The lowest BCUT2D eigenvalue weighted by molar-refractivity contribution is 0.207. The molecule has 19 heavy (non-hydrogen) atoms. The first kappa shape index (κ1) is 15.1. The van der Waals surface area contributed by atoms with Crippen molar-refractivity contribution in [1.82, 2.24) is 5.32 Å². The van der Waals surface area contributed by atoms with Crippen molar-refractivity contribution >= 4 is 23.2 Å². The van der Waals surface area contributed by atoms with Crippen LogP contribution in [0.4, 0.5) is 4.39 Å². The first-order chi connectivity index (χ1) is 9.06. The summed E-state index contributed by atoms with van der Waals surface area (Å²) in [7, 11) is 0. The zero-order chi connectivity index (χ0) is 13.9. The first-order valence-corrected chi connectivity index (χ1v) is 7.71. The first-order valence-electron chi connectivity index (χ1n) is 6.80. The number of halogens is 3. The van der Waals surface area contributed by atoms with Gasteiger partial charge in [-0.3, -0.25) is 0 Å². The Morgan fingerprint density at radius 1 is 1.47 bits per heavy atom. The predicted octanol–water partition coefficient (Wildman–Crippen LogP) is 4.76. The molecule has 106 valence electrons. The number of alkyl halides is 1. The lowest BCUT2D eigenvalue weighted by Gasteiger charge is -2.39. The van der Waals surface area contributed by atoms with E-state index in [9.17, 15) is 4.39 Å². The second kappa shape index (κ2) is 6.43. The van der Waals surface area contributed by atoms with Gasteiger partial charge in [-0.2, -0.15) is 0 Å². The molecular formula is C15H20Cl2FN. The van der Waals surface area contributed by atoms with Gasteiger partial charge in [-0.25, -0.2) is 4.39 Å². The van der Waals surface area contributed by atoms with Crippen molar-refractivity contribution in [3.05, 3.63) is 34.6 Å². The number of nitrogens with one attached hydrogen (secondary N) is 1. The van der Waals surface area contributed by atoms with E-state index in [0.29, 0.717) is 18.3 Å². The van der Waals surface area contributed by atoms with Crippen LogP contribution in [0.15, 0.2) is 18.2 Å². The van der Waals surface area contributed by atoms with Crippen LogP contribution in [0.1, 0.15) is 38.2 Å². The molecule has 0 aliphatic heterocycles. The normalized spacial score (nSPS) is 27.5. The predicted molar refractivity (Wildman–Crippen MR) is 79.3 cm³/mol. The van der Waals surface area contributed by atoms with Gasteiger partial charge in [-0.05, 0) is 30.4 Å². The molecule has 0 bridgehead atoms. The summed E-state index contributed by atoms with van der Waals surface area (Å²) < 4.78 is 13.4. The van der Waals surface area contributed by atoms with E-state index in [0.717, 1.165) is 18.4 Å². The Balaban J connectivity index is 2.05. The van der Waals surface area contributed by atoms with Crippen molar-refractivity contribution in [2.45, 2.75) is 44.7 Å². The van der Waals surface area contributed by atoms with Gasteiger partial charge in [0.05, 0.1) is 5.02 Å². The largest absolute Gasteiger partial charge is 0.306 e. The fourth-order valence-electron chi connectivity index (χ4n) is 2.96. The number of benzene rings is 1. The summed E-state index contributed by atoms with van der Waals surface area (Å²) in [5, 5.41) is 3.73. The second-order valence-electron chi connectivity index (χ2n) is 5.68. The van der Waals surface area contributed by atoms with Crippen molar-refractivity contribution in [3.8, 4) is 0 Å². The Morgan fingerprint density at radius 2 is 2.26 bits per heavy atom. The number of rotatable bonds is 4. The molecule has 1 N–H and O–H groups in total. The monoisotopic (exact) mass is 303 g/mol. The van der Waals surface area contributed by atoms with Crippen molar-refractivity contribution in [1.29, 1.82) is 0 Å². The van der Waals surface area contributed by atoms with Crippen LogP contribution in [0.3, 0.4) is 0 Å². The number of hydrogen-bond acceptors (Lipinski definition) is 1. The Labute approximate surface area is 124 Å². The molecule has 2 atom stereocenters. The molecule has 0 saturated heterocycles. The molecule has 2 unspecified atom stereocenters. The fourth-order valence-corrected chi connectivity index (χ4v) is 3.49. The van der Waals surface area contributed by atoms with Gasteiger partial charge in [0.2, 0.25) is 0 Å². The minimum absolute atomic E-state index is 0.0329. The molecule has 0 heterocycles. The van der Waals surface area contributed by atoms with Gasteiger partial charge in [0, 0.05) is 18.0 Å². The van der Waals surface area contributed by atoms with E-state index in [1.165, 1.54) is 18.9 Å². The smallest absolute Gasteiger partial charge is 0.142 e. The molecule has 0 aromatic heterocycles. The Bertz CT molecular complexity index is 438. The topological polar surface area (TPSA) is 12.0 Å². The molecule has 1 nitrogen and oxygen atoms in total. The summed E-state index contributed by atoms with van der Waals surface area (Å²) in [5.74, 6) is 0.908. The Morgan fingerprint density at radius 3 is 2.95 bits per heavy atom. The van der Waals surface area contributed by atoms with E-state index in [4.69, 9.17) is 23.2 Å². The van der Waals surface area contributed by atoms with Crippen LogP contribution in [0.5, 0.6) is 0 Å². The Kier molecular flexibility index (Phi) is 5.10. The lowest BCUT2D eigenvalue weighted by atomic mass is 9.77. The van der Waals surface area contributed by atoms with Crippen molar-refractivity contribution in [2.24, 2.45) is 5.92 Å². The van der Waals surface area contributed by atoms with E-state index < -0.39 is 0 Å². The van der Waals surface area contributed by atoms with Crippen molar-refractivity contribution in [2.75, 3.05) is 5.88 Å². The van der Waals surface area contributed by atoms with Crippen molar-refractivity contribution < 1.29 is 4.39 Å². The van der Waals surface area contributed by atoms with Gasteiger partial charge in [0.1, 0.15) is 5.82 Å². The van der Waals surface area contributed by atoms with E-state index in [2.05, 4.69) is 12.2 Å². The van der Waals surface area contributed by atoms with Crippen LogP contribution in [0, 0.1) is 11.7 Å².